The highest BCUT2D eigenvalue weighted by Gasteiger charge is 2.18. The number of piperidine rings is 1. The second-order valence-electron chi connectivity index (χ2n) is 4.61. The van der Waals surface area contributed by atoms with Crippen LogP contribution in [0.25, 0.3) is 0 Å². The van der Waals surface area contributed by atoms with Crippen molar-refractivity contribution in [1.82, 2.24) is 10.2 Å². The first-order valence-electron chi connectivity index (χ1n) is 6.02. The fourth-order valence-corrected chi connectivity index (χ4v) is 2.71. The molecule has 4 heteroatoms. The van der Waals surface area contributed by atoms with E-state index >= 15 is 0 Å². The maximum atomic E-state index is 13.4. The molecule has 0 unspecified atom stereocenters. The highest BCUT2D eigenvalue weighted by Crippen LogP contribution is 2.23. The molecule has 0 bridgehead atoms. The molecule has 0 atom stereocenters. The molecular weight excluding hydrogens is 283 g/mol. The van der Waals surface area contributed by atoms with Gasteiger partial charge in [0.1, 0.15) is 5.82 Å². The summed E-state index contributed by atoms with van der Waals surface area (Å²) in [6, 6.07) is 5.83. The lowest BCUT2D eigenvalue weighted by molar-refractivity contribution is 0.191. The van der Waals surface area contributed by atoms with Crippen LogP contribution in [0.1, 0.15) is 18.4 Å². The second kappa shape index (κ2) is 5.94. The van der Waals surface area contributed by atoms with E-state index in [-0.39, 0.29) is 5.82 Å². The summed E-state index contributed by atoms with van der Waals surface area (Å²) in [5.41, 5.74) is 1.02. The Morgan fingerprint density at radius 2 is 2.12 bits per heavy atom. The van der Waals surface area contributed by atoms with Crippen LogP contribution in [0.5, 0.6) is 0 Å². The summed E-state index contributed by atoms with van der Waals surface area (Å²) in [5.74, 6) is -0.179. The van der Waals surface area contributed by atoms with E-state index in [0.717, 1.165) is 25.2 Å². The number of nitrogens with one attached hydrogen (secondary N) is 1. The third-order valence-electron chi connectivity index (χ3n) is 3.38. The third kappa shape index (κ3) is 3.27. The minimum Gasteiger partial charge on any atom is -0.317 e. The summed E-state index contributed by atoms with van der Waals surface area (Å²) in [4.78, 5) is 2.32. The van der Waals surface area contributed by atoms with Crippen LogP contribution >= 0.6 is 15.9 Å². The number of nitrogens with zero attached hydrogens (tertiary/aromatic N) is 1. The fraction of sp³-hybridized carbons (Fsp3) is 0.538. The predicted octanol–water partition coefficient (Wildman–Crippen LogP) is 2.77. The van der Waals surface area contributed by atoms with E-state index in [2.05, 4.69) is 33.2 Å². The summed E-state index contributed by atoms with van der Waals surface area (Å²) in [6.45, 7) is 2.96. The van der Waals surface area contributed by atoms with Gasteiger partial charge in [0.15, 0.2) is 0 Å². The Morgan fingerprint density at radius 3 is 2.82 bits per heavy atom. The highest BCUT2D eigenvalue weighted by atomic mass is 79.9. The lowest BCUT2D eigenvalue weighted by atomic mass is 10.0. The van der Waals surface area contributed by atoms with Crippen molar-refractivity contribution >= 4 is 15.9 Å². The van der Waals surface area contributed by atoms with Gasteiger partial charge in [0, 0.05) is 12.6 Å². The molecule has 0 saturated carbocycles. The zero-order valence-electron chi connectivity index (χ0n) is 10.0. The molecule has 1 aromatic carbocycles. The smallest absolute Gasteiger partial charge is 0.137 e. The van der Waals surface area contributed by atoms with Crippen molar-refractivity contribution in [3.63, 3.8) is 0 Å². The molecule has 1 saturated heterocycles. The fourth-order valence-electron chi connectivity index (χ4n) is 2.32. The zero-order valence-corrected chi connectivity index (χ0v) is 11.6. The molecule has 0 amide bonds. The molecule has 0 aromatic heterocycles. The van der Waals surface area contributed by atoms with Crippen LogP contribution in [-0.2, 0) is 6.54 Å². The van der Waals surface area contributed by atoms with Crippen LogP contribution in [0.3, 0.4) is 0 Å². The molecule has 1 heterocycles. The molecule has 1 aromatic rings. The average molecular weight is 301 g/mol. The summed E-state index contributed by atoms with van der Waals surface area (Å²) in [7, 11) is 2.12. The van der Waals surface area contributed by atoms with E-state index in [9.17, 15) is 4.39 Å². The van der Waals surface area contributed by atoms with Crippen LogP contribution < -0.4 is 5.32 Å². The van der Waals surface area contributed by atoms with Crippen LogP contribution in [0, 0.1) is 5.82 Å². The molecule has 0 spiro atoms. The van der Waals surface area contributed by atoms with Gasteiger partial charge in [-0.05, 0) is 60.5 Å². The molecule has 17 heavy (non-hydrogen) atoms. The Labute approximate surface area is 110 Å². The van der Waals surface area contributed by atoms with Gasteiger partial charge in [0.2, 0.25) is 0 Å². The summed E-state index contributed by atoms with van der Waals surface area (Å²) >= 11 is 3.32. The Bertz CT molecular complexity index is 378. The van der Waals surface area contributed by atoms with E-state index < -0.39 is 0 Å². The van der Waals surface area contributed by atoms with Gasteiger partial charge < -0.3 is 5.32 Å². The summed E-state index contributed by atoms with van der Waals surface area (Å²) in [5, 5.41) is 3.36. The van der Waals surface area contributed by atoms with Gasteiger partial charge in [0.05, 0.1) is 4.47 Å². The van der Waals surface area contributed by atoms with Crippen molar-refractivity contribution < 1.29 is 4.39 Å². The second-order valence-corrected chi connectivity index (χ2v) is 5.40. The zero-order chi connectivity index (χ0) is 12.3. The molecule has 2 nitrogen and oxygen atoms in total. The van der Waals surface area contributed by atoms with Crippen LogP contribution in [0.15, 0.2) is 22.7 Å². The normalized spacial score (nSPS) is 17.6. The molecule has 1 aliphatic heterocycles. The number of rotatable bonds is 3. The van der Waals surface area contributed by atoms with Crippen molar-refractivity contribution in [3.05, 3.63) is 34.1 Å². The summed E-state index contributed by atoms with van der Waals surface area (Å²) < 4.78 is 14.0. The van der Waals surface area contributed by atoms with E-state index in [1.807, 2.05) is 6.07 Å². The lowest BCUT2D eigenvalue weighted by Gasteiger charge is -2.31. The minimum atomic E-state index is -0.179. The van der Waals surface area contributed by atoms with Gasteiger partial charge >= 0.3 is 0 Å². The number of benzene rings is 1. The maximum absolute atomic E-state index is 13.4. The van der Waals surface area contributed by atoms with E-state index in [1.54, 1.807) is 6.07 Å². The molecule has 94 valence electrons. The van der Waals surface area contributed by atoms with Crippen LogP contribution in [0.2, 0.25) is 0 Å². The Balaban J connectivity index is 2.01. The highest BCUT2D eigenvalue weighted by molar-refractivity contribution is 9.10. The van der Waals surface area contributed by atoms with E-state index in [0.29, 0.717) is 10.5 Å². The van der Waals surface area contributed by atoms with Crippen molar-refractivity contribution in [3.8, 4) is 0 Å². The van der Waals surface area contributed by atoms with Crippen LogP contribution in [-0.4, -0.2) is 31.1 Å². The predicted molar refractivity (Wildman–Crippen MR) is 71.5 cm³/mol. The number of hydrogen-bond acceptors (Lipinski definition) is 2. The summed E-state index contributed by atoms with van der Waals surface area (Å²) in [6.07, 6.45) is 2.34. The Morgan fingerprint density at radius 1 is 1.41 bits per heavy atom. The van der Waals surface area contributed by atoms with Gasteiger partial charge in [-0.2, -0.15) is 0 Å². The molecule has 1 N–H and O–H groups in total. The number of halogens is 2. The van der Waals surface area contributed by atoms with Crippen LogP contribution in [0.4, 0.5) is 4.39 Å². The van der Waals surface area contributed by atoms with Crippen molar-refractivity contribution in [2.75, 3.05) is 20.1 Å². The third-order valence-corrected chi connectivity index (χ3v) is 4.27. The molecule has 0 radical (unpaired) electrons. The quantitative estimate of drug-likeness (QED) is 0.923. The average Bonchev–Trinajstić information content (AvgIpc) is 2.36. The Hall–Kier alpha value is -0.450. The van der Waals surface area contributed by atoms with Gasteiger partial charge in [-0.1, -0.05) is 12.1 Å². The molecule has 1 aliphatic rings. The number of hydrogen-bond donors (Lipinski definition) is 1. The minimum absolute atomic E-state index is 0.179. The SMILES string of the molecule is CN(Cc1cccc(F)c1Br)C1CCNCC1. The van der Waals surface area contributed by atoms with Crippen molar-refractivity contribution in [1.29, 1.82) is 0 Å². The molecular formula is C13H18BrFN2. The van der Waals surface area contributed by atoms with Crippen molar-refractivity contribution in [2.24, 2.45) is 0 Å². The molecule has 2 rings (SSSR count). The Kier molecular flexibility index (Phi) is 4.54. The van der Waals surface area contributed by atoms with Gasteiger partial charge in [0.25, 0.3) is 0 Å². The van der Waals surface area contributed by atoms with Crippen molar-refractivity contribution in [2.45, 2.75) is 25.4 Å². The lowest BCUT2D eigenvalue weighted by Crippen LogP contribution is -2.40. The molecule has 0 aliphatic carbocycles. The standard InChI is InChI=1S/C13H18BrFN2/c1-17(11-5-7-16-8-6-11)9-10-3-2-4-12(15)13(10)14/h2-4,11,16H,5-9H2,1H3. The van der Waals surface area contributed by atoms with E-state index in [4.69, 9.17) is 0 Å². The monoisotopic (exact) mass is 300 g/mol. The van der Waals surface area contributed by atoms with Gasteiger partial charge in [-0.3, -0.25) is 4.90 Å². The topological polar surface area (TPSA) is 15.3 Å². The first-order chi connectivity index (χ1) is 8.18. The van der Waals surface area contributed by atoms with Gasteiger partial charge in [-0.15, -0.1) is 0 Å². The largest absolute Gasteiger partial charge is 0.317 e. The first-order valence-corrected chi connectivity index (χ1v) is 6.81. The van der Waals surface area contributed by atoms with Gasteiger partial charge in [-0.25, -0.2) is 4.39 Å². The first kappa shape index (κ1) is 13.0. The molecule has 1 fully saturated rings. The van der Waals surface area contributed by atoms with E-state index in [1.165, 1.54) is 18.9 Å². The maximum Gasteiger partial charge on any atom is 0.137 e.